The van der Waals surface area contributed by atoms with Crippen LogP contribution < -0.4 is 5.32 Å². The Kier molecular flexibility index (Phi) is 10.3. The number of halogens is 11. The standard InChI is InChI=1S/C23H18Cl2F9NOS/c1-12(10-37-11-21(26,27)28)35-20(36)17-4-2-13(6-19(17)23(32,33)34)3-5-18(22(29,30)31)14-7-15(24)9-16(25)8-14/h2-9,12,18H,10-11H2,1H3,(H,35,36)/b5-3+. The largest absolute Gasteiger partial charge is 0.417 e. The van der Waals surface area contributed by atoms with Gasteiger partial charge in [-0.3, -0.25) is 4.79 Å². The van der Waals surface area contributed by atoms with E-state index in [9.17, 15) is 44.3 Å². The molecule has 2 aromatic carbocycles. The molecule has 0 spiro atoms. The van der Waals surface area contributed by atoms with Crippen molar-refractivity contribution in [1.29, 1.82) is 0 Å². The molecule has 0 aliphatic carbocycles. The number of allylic oxidation sites excluding steroid dienone is 1. The summed E-state index contributed by atoms with van der Waals surface area (Å²) in [5.41, 5.74) is -2.85. The van der Waals surface area contributed by atoms with Crippen LogP contribution in [0.4, 0.5) is 39.5 Å². The van der Waals surface area contributed by atoms with Crippen molar-refractivity contribution in [3.8, 4) is 0 Å². The lowest BCUT2D eigenvalue weighted by Crippen LogP contribution is -2.35. The monoisotopic (exact) mass is 597 g/mol. The third kappa shape index (κ3) is 9.97. The molecule has 2 aromatic rings. The van der Waals surface area contributed by atoms with Crippen LogP contribution in [0.5, 0.6) is 0 Å². The van der Waals surface area contributed by atoms with E-state index in [1.165, 1.54) is 13.0 Å². The first-order valence-corrected chi connectivity index (χ1v) is 12.2. The topological polar surface area (TPSA) is 29.1 Å². The van der Waals surface area contributed by atoms with Crippen LogP contribution in [-0.2, 0) is 6.18 Å². The van der Waals surface area contributed by atoms with E-state index in [-0.39, 0.29) is 26.9 Å². The molecule has 0 saturated heterocycles. The summed E-state index contributed by atoms with van der Waals surface area (Å²) >= 11 is 12.0. The van der Waals surface area contributed by atoms with Gasteiger partial charge in [0.1, 0.15) is 0 Å². The Morgan fingerprint density at radius 3 is 2.08 bits per heavy atom. The molecule has 0 fully saturated rings. The smallest absolute Gasteiger partial charge is 0.349 e. The number of hydrogen-bond acceptors (Lipinski definition) is 2. The zero-order valence-corrected chi connectivity index (χ0v) is 21.0. The van der Waals surface area contributed by atoms with E-state index >= 15 is 0 Å². The molecular formula is C23H18Cl2F9NOS. The van der Waals surface area contributed by atoms with E-state index in [0.29, 0.717) is 23.9 Å². The SMILES string of the molecule is CC(CSCC(F)(F)F)NC(=O)c1ccc(/C=C/C(c2cc(Cl)cc(Cl)c2)C(F)(F)F)cc1C(F)(F)F. The molecule has 2 atom stereocenters. The molecule has 204 valence electrons. The van der Waals surface area contributed by atoms with Crippen molar-refractivity contribution in [2.75, 3.05) is 11.5 Å². The molecule has 14 heteroatoms. The van der Waals surface area contributed by atoms with Crippen molar-refractivity contribution in [2.24, 2.45) is 0 Å². The summed E-state index contributed by atoms with van der Waals surface area (Å²) in [4.78, 5) is 12.4. The highest BCUT2D eigenvalue weighted by molar-refractivity contribution is 7.99. The second-order valence-electron chi connectivity index (χ2n) is 7.89. The Labute approximate surface area is 220 Å². The third-order valence-electron chi connectivity index (χ3n) is 4.68. The van der Waals surface area contributed by atoms with Crippen LogP contribution in [0.3, 0.4) is 0 Å². The maximum Gasteiger partial charge on any atom is 0.417 e. The maximum atomic E-state index is 13.7. The summed E-state index contributed by atoms with van der Waals surface area (Å²) < 4.78 is 119. The molecule has 2 unspecified atom stereocenters. The molecular weight excluding hydrogens is 580 g/mol. The molecule has 37 heavy (non-hydrogen) atoms. The second kappa shape index (κ2) is 12.2. The van der Waals surface area contributed by atoms with E-state index in [0.717, 1.165) is 30.3 Å². The number of carbonyl (C=O) groups excluding carboxylic acids is 1. The zero-order chi connectivity index (χ0) is 28.2. The predicted octanol–water partition coefficient (Wildman–Crippen LogP) is 8.79. The number of hydrogen-bond donors (Lipinski definition) is 1. The van der Waals surface area contributed by atoms with Gasteiger partial charge in [-0.05, 0) is 48.4 Å². The van der Waals surface area contributed by atoms with E-state index in [1.807, 2.05) is 0 Å². The van der Waals surface area contributed by atoms with Gasteiger partial charge in [-0.2, -0.15) is 51.3 Å². The number of amides is 1. The number of benzene rings is 2. The van der Waals surface area contributed by atoms with Crippen LogP contribution >= 0.6 is 35.0 Å². The third-order valence-corrected chi connectivity index (χ3v) is 6.39. The molecule has 0 aliphatic heterocycles. The van der Waals surface area contributed by atoms with Gasteiger partial charge in [0.05, 0.1) is 22.8 Å². The summed E-state index contributed by atoms with van der Waals surface area (Å²) in [5, 5.41) is 2.07. The van der Waals surface area contributed by atoms with Gasteiger partial charge >= 0.3 is 18.5 Å². The normalized spacial score (nSPS) is 14.6. The molecule has 1 N–H and O–H groups in total. The minimum absolute atomic E-state index is 0.0640. The molecule has 0 bridgehead atoms. The molecule has 0 radical (unpaired) electrons. The van der Waals surface area contributed by atoms with Crippen LogP contribution in [0.2, 0.25) is 10.0 Å². The number of alkyl halides is 9. The average Bonchev–Trinajstić information content (AvgIpc) is 2.70. The summed E-state index contributed by atoms with van der Waals surface area (Å²) in [6, 6.07) is 4.69. The summed E-state index contributed by atoms with van der Waals surface area (Å²) in [6.07, 6.45) is -12.9. The summed E-state index contributed by atoms with van der Waals surface area (Å²) in [7, 11) is 0. The van der Waals surface area contributed by atoms with Gasteiger partial charge in [-0.25, -0.2) is 0 Å². The van der Waals surface area contributed by atoms with Gasteiger partial charge in [0, 0.05) is 21.8 Å². The summed E-state index contributed by atoms with van der Waals surface area (Å²) in [6.45, 7) is 1.32. The number of rotatable bonds is 8. The van der Waals surface area contributed by atoms with Crippen molar-refractivity contribution < 1.29 is 44.3 Å². The minimum atomic E-state index is -5.05. The van der Waals surface area contributed by atoms with E-state index in [1.54, 1.807) is 0 Å². The quantitative estimate of drug-likeness (QED) is 0.308. The Morgan fingerprint density at radius 1 is 0.973 bits per heavy atom. The van der Waals surface area contributed by atoms with Gasteiger partial charge in [-0.1, -0.05) is 41.4 Å². The van der Waals surface area contributed by atoms with Crippen LogP contribution in [0.1, 0.15) is 39.9 Å². The fraction of sp³-hybridized carbons (Fsp3) is 0.348. The fourth-order valence-corrected chi connectivity index (χ4v) is 4.49. The Hall–Kier alpha value is -2.05. The van der Waals surface area contributed by atoms with E-state index < -0.39 is 53.3 Å². The zero-order valence-electron chi connectivity index (χ0n) is 18.7. The van der Waals surface area contributed by atoms with Crippen molar-refractivity contribution in [3.63, 3.8) is 0 Å². The number of carbonyl (C=O) groups is 1. The van der Waals surface area contributed by atoms with Gasteiger partial charge in [0.2, 0.25) is 0 Å². The molecule has 2 nitrogen and oxygen atoms in total. The fourth-order valence-electron chi connectivity index (χ4n) is 3.16. The van der Waals surface area contributed by atoms with Crippen molar-refractivity contribution in [2.45, 2.75) is 37.4 Å². The minimum Gasteiger partial charge on any atom is -0.349 e. The van der Waals surface area contributed by atoms with Crippen LogP contribution in [0.15, 0.2) is 42.5 Å². The predicted molar refractivity (Wildman–Crippen MR) is 126 cm³/mol. The first kappa shape index (κ1) is 31.2. The van der Waals surface area contributed by atoms with E-state index in [4.69, 9.17) is 23.2 Å². The van der Waals surface area contributed by atoms with Crippen molar-refractivity contribution in [3.05, 3.63) is 74.8 Å². The Morgan fingerprint density at radius 2 is 1.57 bits per heavy atom. The first-order valence-electron chi connectivity index (χ1n) is 10.2. The lowest BCUT2D eigenvalue weighted by molar-refractivity contribution is -0.139. The van der Waals surface area contributed by atoms with Crippen LogP contribution in [0.25, 0.3) is 6.08 Å². The molecule has 0 saturated carbocycles. The molecule has 0 heterocycles. The van der Waals surface area contributed by atoms with Gasteiger partial charge in [-0.15, -0.1) is 0 Å². The van der Waals surface area contributed by atoms with Crippen molar-refractivity contribution >= 4 is 46.9 Å². The maximum absolute atomic E-state index is 13.7. The highest BCUT2D eigenvalue weighted by Gasteiger charge is 2.39. The van der Waals surface area contributed by atoms with Crippen LogP contribution in [0, 0.1) is 0 Å². The van der Waals surface area contributed by atoms with Gasteiger partial charge in [0.15, 0.2) is 0 Å². The summed E-state index contributed by atoms with van der Waals surface area (Å²) in [5.74, 6) is -4.83. The first-order chi connectivity index (χ1) is 16.9. The van der Waals surface area contributed by atoms with Crippen molar-refractivity contribution in [1.82, 2.24) is 5.32 Å². The van der Waals surface area contributed by atoms with E-state index in [2.05, 4.69) is 5.32 Å². The second-order valence-corrected chi connectivity index (χ2v) is 9.79. The Balaban J connectivity index is 2.31. The number of nitrogens with one attached hydrogen (secondary N) is 1. The van der Waals surface area contributed by atoms with Crippen LogP contribution in [-0.4, -0.2) is 35.8 Å². The Bertz CT molecular complexity index is 1110. The molecule has 1 amide bonds. The van der Waals surface area contributed by atoms with Gasteiger partial charge in [0.25, 0.3) is 5.91 Å². The molecule has 2 rings (SSSR count). The highest BCUT2D eigenvalue weighted by Crippen LogP contribution is 2.39. The lowest BCUT2D eigenvalue weighted by Gasteiger charge is -2.19. The molecule has 0 aromatic heterocycles. The molecule has 0 aliphatic rings. The average molecular weight is 598 g/mol. The number of thioether (sulfide) groups is 1. The lowest BCUT2D eigenvalue weighted by atomic mass is 9.96. The highest BCUT2D eigenvalue weighted by atomic mass is 35.5. The van der Waals surface area contributed by atoms with Gasteiger partial charge < -0.3 is 5.32 Å².